The highest BCUT2D eigenvalue weighted by molar-refractivity contribution is 5.96. The van der Waals surface area contributed by atoms with Crippen LogP contribution in [0.15, 0.2) is 47.1 Å². The number of nitrogens with zero attached hydrogens (tertiary/aromatic N) is 3. The van der Waals surface area contributed by atoms with E-state index >= 15 is 0 Å². The first-order valence-corrected chi connectivity index (χ1v) is 10.3. The van der Waals surface area contributed by atoms with Gasteiger partial charge in [0.2, 0.25) is 5.91 Å². The zero-order valence-corrected chi connectivity index (χ0v) is 16.7. The fourth-order valence-electron chi connectivity index (χ4n) is 4.04. The fourth-order valence-corrected chi connectivity index (χ4v) is 4.04. The summed E-state index contributed by atoms with van der Waals surface area (Å²) in [7, 11) is 0. The molecule has 2 aliphatic rings. The lowest BCUT2D eigenvalue weighted by molar-refractivity contribution is -0.120. The van der Waals surface area contributed by atoms with Gasteiger partial charge in [-0.15, -0.1) is 0 Å². The van der Waals surface area contributed by atoms with Crippen LogP contribution in [0.2, 0.25) is 0 Å². The number of hydrogen-bond acceptors (Lipinski definition) is 6. The number of aliphatic hydroxyl groups excluding tert-OH is 1. The van der Waals surface area contributed by atoms with Crippen molar-refractivity contribution in [1.82, 2.24) is 9.80 Å². The number of fused-ring (bicyclic) bond motifs is 1. The molecule has 29 heavy (non-hydrogen) atoms. The Balaban J connectivity index is 1.15. The zero-order valence-electron chi connectivity index (χ0n) is 16.7. The van der Waals surface area contributed by atoms with Gasteiger partial charge in [0.05, 0.1) is 25.5 Å². The number of carbonyl (C=O) groups excluding carboxylic acids is 1. The Morgan fingerprint density at radius 3 is 2.66 bits per heavy atom. The van der Waals surface area contributed by atoms with Gasteiger partial charge in [0.15, 0.2) is 0 Å². The summed E-state index contributed by atoms with van der Waals surface area (Å²) in [5.41, 5.74) is 2.32. The van der Waals surface area contributed by atoms with Crippen LogP contribution in [0.25, 0.3) is 0 Å². The third-order valence-electron chi connectivity index (χ3n) is 5.62. The number of amides is 1. The highest BCUT2D eigenvalue weighted by Crippen LogP contribution is 2.27. The second-order valence-electron chi connectivity index (χ2n) is 7.75. The van der Waals surface area contributed by atoms with Gasteiger partial charge in [0.25, 0.3) is 0 Å². The molecule has 0 spiro atoms. The molecule has 1 N–H and O–H groups in total. The number of benzene rings is 1. The van der Waals surface area contributed by atoms with Crippen LogP contribution >= 0.6 is 0 Å². The molecule has 1 aromatic heterocycles. The minimum Gasteiger partial charge on any atom is -0.467 e. The molecule has 7 nitrogen and oxygen atoms in total. The van der Waals surface area contributed by atoms with Crippen LogP contribution in [0.3, 0.4) is 0 Å². The molecule has 1 amide bonds. The van der Waals surface area contributed by atoms with Gasteiger partial charge in [-0.25, -0.2) is 0 Å². The van der Waals surface area contributed by atoms with Gasteiger partial charge in [-0.2, -0.15) is 0 Å². The lowest BCUT2D eigenvalue weighted by atomic mass is 10.2. The van der Waals surface area contributed by atoms with Gasteiger partial charge in [0.1, 0.15) is 12.4 Å². The van der Waals surface area contributed by atoms with Crippen LogP contribution in [0.5, 0.6) is 0 Å². The third-order valence-corrected chi connectivity index (χ3v) is 5.62. The number of anilines is 1. The predicted molar refractivity (Wildman–Crippen MR) is 110 cm³/mol. The second kappa shape index (κ2) is 9.54. The van der Waals surface area contributed by atoms with Gasteiger partial charge in [-0.1, -0.05) is 18.2 Å². The first kappa shape index (κ1) is 20.1. The quantitative estimate of drug-likeness (QED) is 0.723. The molecule has 1 saturated heterocycles. The lowest BCUT2D eigenvalue weighted by Gasteiger charge is -2.35. The Morgan fingerprint density at radius 1 is 1.07 bits per heavy atom. The van der Waals surface area contributed by atoms with Crippen molar-refractivity contribution in [3.63, 3.8) is 0 Å². The van der Waals surface area contributed by atoms with Crippen molar-refractivity contribution >= 4 is 11.6 Å². The van der Waals surface area contributed by atoms with Gasteiger partial charge in [0, 0.05) is 45.0 Å². The van der Waals surface area contributed by atoms with E-state index < -0.39 is 6.10 Å². The number of aliphatic hydroxyl groups is 1. The lowest BCUT2D eigenvalue weighted by Crippen LogP contribution is -2.51. The summed E-state index contributed by atoms with van der Waals surface area (Å²) in [6.45, 7) is 5.84. The Labute approximate surface area is 171 Å². The van der Waals surface area contributed by atoms with Crippen LogP contribution in [0, 0.1) is 0 Å². The predicted octanol–water partition coefficient (Wildman–Crippen LogP) is 1.36. The van der Waals surface area contributed by atoms with Crippen molar-refractivity contribution in [2.45, 2.75) is 19.1 Å². The van der Waals surface area contributed by atoms with Crippen molar-refractivity contribution in [3.05, 3.63) is 54.0 Å². The molecule has 0 radical (unpaired) electrons. The molecule has 4 rings (SSSR count). The number of β-amino-alcohol motifs (C(OH)–C–C–N with tert-alkyl or cyclic N) is 1. The Morgan fingerprint density at radius 2 is 1.86 bits per heavy atom. The molecular weight excluding hydrogens is 370 g/mol. The maximum atomic E-state index is 12.8. The molecule has 156 valence electrons. The van der Waals surface area contributed by atoms with E-state index in [1.165, 1.54) is 5.56 Å². The Kier molecular flexibility index (Phi) is 6.61. The van der Waals surface area contributed by atoms with E-state index in [2.05, 4.69) is 15.9 Å². The van der Waals surface area contributed by atoms with E-state index in [1.54, 1.807) is 6.26 Å². The molecular formula is C22H29N3O4. The van der Waals surface area contributed by atoms with E-state index in [4.69, 9.17) is 9.15 Å². The summed E-state index contributed by atoms with van der Waals surface area (Å²) >= 11 is 0. The monoisotopic (exact) mass is 399 g/mol. The summed E-state index contributed by atoms with van der Waals surface area (Å²) in [4.78, 5) is 19.1. The van der Waals surface area contributed by atoms with Crippen molar-refractivity contribution in [1.29, 1.82) is 0 Å². The number of piperazine rings is 1. The summed E-state index contributed by atoms with van der Waals surface area (Å²) < 4.78 is 10.7. The molecule has 1 atom stereocenters. The van der Waals surface area contributed by atoms with E-state index in [0.717, 1.165) is 50.6 Å². The van der Waals surface area contributed by atoms with Gasteiger partial charge in [-0.3, -0.25) is 14.6 Å². The van der Waals surface area contributed by atoms with E-state index in [0.29, 0.717) is 19.7 Å². The molecule has 2 aliphatic heterocycles. The van der Waals surface area contributed by atoms with Crippen LogP contribution in [0.1, 0.15) is 11.3 Å². The first-order valence-electron chi connectivity index (χ1n) is 10.3. The number of ether oxygens (including phenoxy) is 1. The molecule has 1 fully saturated rings. The minimum atomic E-state index is -0.528. The number of rotatable bonds is 8. The maximum absolute atomic E-state index is 12.8. The molecule has 2 aromatic rings. The standard InChI is InChI=1S/C22H29N3O4/c26-19(16-28-17-20-5-3-13-29-20)14-23-9-11-24(12-10-23)15-22(27)25-8-7-18-4-1-2-6-21(18)25/h1-6,13,19,26H,7-12,14-17H2. The summed E-state index contributed by atoms with van der Waals surface area (Å²) in [6.07, 6.45) is 2.02. The van der Waals surface area contributed by atoms with Crippen LogP contribution < -0.4 is 4.90 Å². The molecule has 0 saturated carbocycles. The molecule has 1 unspecified atom stereocenters. The largest absolute Gasteiger partial charge is 0.467 e. The van der Waals surface area contributed by atoms with Crippen LogP contribution in [-0.2, 0) is 22.6 Å². The summed E-state index contributed by atoms with van der Waals surface area (Å²) in [5, 5.41) is 10.2. The molecule has 0 aliphatic carbocycles. The van der Waals surface area contributed by atoms with E-state index in [9.17, 15) is 9.90 Å². The SMILES string of the molecule is O=C(CN1CCN(CC(O)COCc2ccco2)CC1)N1CCc2ccccc21. The first-order chi connectivity index (χ1) is 14.2. The second-order valence-corrected chi connectivity index (χ2v) is 7.75. The number of hydrogen-bond donors (Lipinski definition) is 1. The summed E-state index contributed by atoms with van der Waals surface area (Å²) in [5.74, 6) is 0.936. The van der Waals surface area contributed by atoms with Gasteiger partial charge >= 0.3 is 0 Å². The summed E-state index contributed by atoms with van der Waals surface area (Å²) in [6, 6.07) is 11.8. The van der Waals surface area contributed by atoms with Crippen LogP contribution in [0.4, 0.5) is 5.69 Å². The van der Waals surface area contributed by atoms with E-state index in [1.807, 2.05) is 35.2 Å². The zero-order chi connectivity index (χ0) is 20.1. The van der Waals surface area contributed by atoms with Crippen molar-refractivity contribution in [2.24, 2.45) is 0 Å². The van der Waals surface area contributed by atoms with Crippen molar-refractivity contribution < 1.29 is 19.1 Å². The van der Waals surface area contributed by atoms with Crippen LogP contribution in [-0.4, -0.2) is 79.3 Å². The third kappa shape index (κ3) is 5.25. The molecule has 0 bridgehead atoms. The Hall–Kier alpha value is -2.19. The average molecular weight is 399 g/mol. The number of carbonyl (C=O) groups is 1. The minimum absolute atomic E-state index is 0.176. The van der Waals surface area contributed by atoms with Gasteiger partial charge < -0.3 is 19.2 Å². The fraction of sp³-hybridized carbons (Fsp3) is 0.500. The normalized spacial score (nSPS) is 18.7. The highest BCUT2D eigenvalue weighted by Gasteiger charge is 2.27. The highest BCUT2D eigenvalue weighted by atomic mass is 16.5. The maximum Gasteiger partial charge on any atom is 0.241 e. The smallest absolute Gasteiger partial charge is 0.241 e. The molecule has 7 heteroatoms. The van der Waals surface area contributed by atoms with E-state index in [-0.39, 0.29) is 12.5 Å². The number of furan rings is 1. The topological polar surface area (TPSA) is 69.4 Å². The van der Waals surface area contributed by atoms with Gasteiger partial charge in [-0.05, 0) is 30.2 Å². The van der Waals surface area contributed by atoms with Crippen molar-refractivity contribution in [3.8, 4) is 0 Å². The van der Waals surface area contributed by atoms with Crippen molar-refractivity contribution in [2.75, 3.05) is 57.3 Å². The Bertz CT molecular complexity index is 787. The number of para-hydroxylation sites is 1. The molecule has 1 aromatic carbocycles. The average Bonchev–Trinajstić information content (AvgIpc) is 3.39. The molecule has 3 heterocycles.